The van der Waals surface area contributed by atoms with E-state index in [0.29, 0.717) is 24.1 Å². The first kappa shape index (κ1) is 15.9. The maximum absolute atomic E-state index is 11.7. The first-order valence-corrected chi connectivity index (χ1v) is 7.12. The van der Waals surface area contributed by atoms with E-state index in [0.717, 1.165) is 17.0 Å². The van der Waals surface area contributed by atoms with Crippen molar-refractivity contribution in [2.45, 2.75) is 39.7 Å². The van der Waals surface area contributed by atoms with Gasteiger partial charge in [-0.3, -0.25) is 4.79 Å². The van der Waals surface area contributed by atoms with Crippen LogP contribution >= 0.6 is 0 Å². The summed E-state index contributed by atoms with van der Waals surface area (Å²) in [5.41, 5.74) is 3.61. The Morgan fingerprint density at radius 3 is 2.91 bits per heavy atom. The predicted molar refractivity (Wildman–Crippen MR) is 80.2 cm³/mol. The number of hydrogen-bond donors (Lipinski definition) is 2. The lowest BCUT2D eigenvalue weighted by molar-refractivity contribution is -0.121. The molecule has 1 unspecified atom stereocenters. The maximum Gasteiger partial charge on any atom is 0.220 e. The summed E-state index contributed by atoms with van der Waals surface area (Å²) in [5, 5.41) is 25.0. The van der Waals surface area contributed by atoms with Gasteiger partial charge in [0.2, 0.25) is 5.91 Å². The minimum absolute atomic E-state index is 0.113. The molecule has 2 aromatic heterocycles. The third-order valence-electron chi connectivity index (χ3n) is 3.53. The van der Waals surface area contributed by atoms with Gasteiger partial charge < -0.3 is 10.4 Å². The molecule has 7 heteroatoms. The standard InChI is InChI=1S/C15H19N5O2/c1-9(21)7-17-14(22)5-4-13-10(2)19-15-12(6-16)8-18-20(15)11(13)3/h8-9,21H,4-5,7H2,1-3H3,(H,17,22). The van der Waals surface area contributed by atoms with Gasteiger partial charge in [-0.25, -0.2) is 9.50 Å². The highest BCUT2D eigenvalue weighted by molar-refractivity contribution is 5.76. The highest BCUT2D eigenvalue weighted by Gasteiger charge is 2.14. The lowest BCUT2D eigenvalue weighted by Crippen LogP contribution is -2.30. The number of nitrogens with one attached hydrogen (secondary N) is 1. The van der Waals surface area contributed by atoms with E-state index in [2.05, 4.69) is 21.5 Å². The van der Waals surface area contributed by atoms with E-state index in [-0.39, 0.29) is 12.5 Å². The van der Waals surface area contributed by atoms with Crippen molar-refractivity contribution in [3.05, 3.63) is 28.7 Å². The fourth-order valence-corrected chi connectivity index (χ4v) is 2.34. The lowest BCUT2D eigenvalue weighted by atomic mass is 10.1. The van der Waals surface area contributed by atoms with Gasteiger partial charge >= 0.3 is 0 Å². The number of aliphatic hydroxyl groups excluding tert-OH is 1. The van der Waals surface area contributed by atoms with Crippen LogP contribution in [0.1, 0.15) is 35.9 Å². The zero-order valence-corrected chi connectivity index (χ0v) is 12.9. The highest BCUT2D eigenvalue weighted by atomic mass is 16.3. The van der Waals surface area contributed by atoms with Crippen molar-refractivity contribution >= 4 is 11.6 Å². The highest BCUT2D eigenvalue weighted by Crippen LogP contribution is 2.18. The van der Waals surface area contributed by atoms with Gasteiger partial charge in [-0.05, 0) is 32.8 Å². The molecule has 116 valence electrons. The molecule has 0 saturated carbocycles. The summed E-state index contributed by atoms with van der Waals surface area (Å²) in [5.74, 6) is -0.113. The molecule has 2 rings (SSSR count). The van der Waals surface area contributed by atoms with Crippen LogP contribution in [-0.2, 0) is 11.2 Å². The molecule has 2 N–H and O–H groups in total. The summed E-state index contributed by atoms with van der Waals surface area (Å²) < 4.78 is 1.63. The molecule has 0 aliphatic carbocycles. The second-order valence-electron chi connectivity index (χ2n) is 5.32. The minimum atomic E-state index is -0.557. The van der Waals surface area contributed by atoms with E-state index in [1.807, 2.05) is 13.8 Å². The number of carbonyl (C=O) groups is 1. The topological polar surface area (TPSA) is 103 Å². The van der Waals surface area contributed by atoms with Crippen LogP contribution in [0, 0.1) is 25.2 Å². The number of hydrogen-bond acceptors (Lipinski definition) is 5. The van der Waals surface area contributed by atoms with Crippen molar-refractivity contribution < 1.29 is 9.90 Å². The SMILES string of the molecule is Cc1nc2c(C#N)cnn2c(C)c1CCC(=O)NCC(C)O. The molecule has 0 fully saturated rings. The van der Waals surface area contributed by atoms with Crippen molar-refractivity contribution in [2.75, 3.05) is 6.54 Å². The summed E-state index contributed by atoms with van der Waals surface area (Å²) in [7, 11) is 0. The Balaban J connectivity index is 2.18. The van der Waals surface area contributed by atoms with Gasteiger partial charge in [0.1, 0.15) is 11.6 Å². The summed E-state index contributed by atoms with van der Waals surface area (Å²) in [6.07, 6.45) is 1.79. The molecule has 1 amide bonds. The van der Waals surface area contributed by atoms with Crippen LogP contribution in [0.4, 0.5) is 0 Å². The van der Waals surface area contributed by atoms with E-state index in [1.165, 1.54) is 6.20 Å². The number of nitrogens with zero attached hydrogens (tertiary/aromatic N) is 4. The molecule has 7 nitrogen and oxygen atoms in total. The number of aromatic nitrogens is 3. The van der Waals surface area contributed by atoms with Crippen LogP contribution in [0.25, 0.3) is 5.65 Å². The van der Waals surface area contributed by atoms with E-state index in [9.17, 15) is 4.79 Å². The fraction of sp³-hybridized carbons (Fsp3) is 0.467. The normalized spacial score (nSPS) is 12.1. The Labute approximate surface area is 128 Å². The van der Waals surface area contributed by atoms with Crippen LogP contribution in [0.15, 0.2) is 6.20 Å². The zero-order valence-electron chi connectivity index (χ0n) is 12.9. The van der Waals surface area contributed by atoms with E-state index in [1.54, 1.807) is 11.4 Å². The third-order valence-corrected chi connectivity index (χ3v) is 3.53. The number of rotatable bonds is 5. The van der Waals surface area contributed by atoms with Crippen LogP contribution in [0.3, 0.4) is 0 Å². The number of fused-ring (bicyclic) bond motifs is 1. The molecule has 0 aliphatic rings. The quantitative estimate of drug-likeness (QED) is 0.844. The van der Waals surface area contributed by atoms with Crippen molar-refractivity contribution in [1.29, 1.82) is 5.26 Å². The van der Waals surface area contributed by atoms with Crippen molar-refractivity contribution in [1.82, 2.24) is 19.9 Å². The Morgan fingerprint density at radius 1 is 1.55 bits per heavy atom. The number of amides is 1. The van der Waals surface area contributed by atoms with Gasteiger partial charge in [-0.15, -0.1) is 0 Å². The largest absolute Gasteiger partial charge is 0.392 e. The molecule has 1 atom stereocenters. The van der Waals surface area contributed by atoms with Gasteiger partial charge in [0, 0.05) is 24.4 Å². The molecule has 2 heterocycles. The first-order chi connectivity index (χ1) is 10.4. The van der Waals surface area contributed by atoms with Crippen molar-refractivity contribution in [3.63, 3.8) is 0 Å². The lowest BCUT2D eigenvalue weighted by Gasteiger charge is -2.11. The van der Waals surface area contributed by atoms with Gasteiger partial charge in [-0.1, -0.05) is 0 Å². The van der Waals surface area contributed by atoms with Gasteiger partial charge in [-0.2, -0.15) is 10.4 Å². The Hall–Kier alpha value is -2.46. The summed E-state index contributed by atoms with van der Waals surface area (Å²) in [4.78, 5) is 16.2. The summed E-state index contributed by atoms with van der Waals surface area (Å²) in [6, 6.07) is 2.07. The molecule has 0 aromatic carbocycles. The fourth-order valence-electron chi connectivity index (χ4n) is 2.34. The van der Waals surface area contributed by atoms with E-state index < -0.39 is 6.10 Å². The van der Waals surface area contributed by atoms with Crippen LogP contribution < -0.4 is 5.32 Å². The van der Waals surface area contributed by atoms with E-state index in [4.69, 9.17) is 10.4 Å². The third kappa shape index (κ3) is 3.23. The molecule has 0 spiro atoms. The zero-order chi connectivity index (χ0) is 16.3. The Kier molecular flexibility index (Phi) is 4.73. The minimum Gasteiger partial charge on any atom is -0.392 e. The number of aryl methyl sites for hydroxylation is 2. The van der Waals surface area contributed by atoms with Crippen molar-refractivity contribution in [3.8, 4) is 6.07 Å². The Bertz CT molecular complexity index is 742. The smallest absolute Gasteiger partial charge is 0.220 e. The molecular weight excluding hydrogens is 282 g/mol. The average Bonchev–Trinajstić information content (AvgIpc) is 2.87. The molecule has 0 radical (unpaired) electrons. The second kappa shape index (κ2) is 6.54. The van der Waals surface area contributed by atoms with Gasteiger partial charge in [0.15, 0.2) is 5.65 Å². The number of aliphatic hydroxyl groups is 1. The predicted octanol–water partition coefficient (Wildman–Crippen LogP) is 0.647. The first-order valence-electron chi connectivity index (χ1n) is 7.12. The van der Waals surface area contributed by atoms with Crippen LogP contribution in [0.5, 0.6) is 0 Å². The molecule has 2 aromatic rings. The summed E-state index contributed by atoms with van der Waals surface area (Å²) in [6.45, 7) is 5.64. The monoisotopic (exact) mass is 301 g/mol. The number of nitriles is 1. The Morgan fingerprint density at radius 2 is 2.27 bits per heavy atom. The van der Waals surface area contributed by atoms with Gasteiger partial charge in [0.25, 0.3) is 0 Å². The molecule has 0 bridgehead atoms. The maximum atomic E-state index is 11.7. The van der Waals surface area contributed by atoms with Crippen LogP contribution in [0.2, 0.25) is 0 Å². The van der Waals surface area contributed by atoms with Crippen molar-refractivity contribution in [2.24, 2.45) is 0 Å². The molecular formula is C15H19N5O2. The van der Waals surface area contributed by atoms with Gasteiger partial charge in [0.05, 0.1) is 12.3 Å². The molecule has 0 saturated heterocycles. The summed E-state index contributed by atoms with van der Waals surface area (Å²) >= 11 is 0. The van der Waals surface area contributed by atoms with Crippen LogP contribution in [-0.4, -0.2) is 38.3 Å². The number of carbonyl (C=O) groups excluding carboxylic acids is 1. The second-order valence-corrected chi connectivity index (χ2v) is 5.32. The average molecular weight is 301 g/mol. The van der Waals surface area contributed by atoms with E-state index >= 15 is 0 Å². The molecule has 0 aliphatic heterocycles. The molecule has 22 heavy (non-hydrogen) atoms.